The van der Waals surface area contributed by atoms with Crippen molar-refractivity contribution in [1.82, 2.24) is 5.32 Å². The lowest BCUT2D eigenvalue weighted by molar-refractivity contribution is 0.0953. The van der Waals surface area contributed by atoms with Crippen molar-refractivity contribution in [2.45, 2.75) is 6.42 Å². The van der Waals surface area contributed by atoms with Gasteiger partial charge in [0.05, 0.1) is 0 Å². The van der Waals surface area contributed by atoms with Crippen molar-refractivity contribution >= 4 is 11.6 Å². The van der Waals surface area contributed by atoms with Gasteiger partial charge in [0.1, 0.15) is 17.3 Å². The summed E-state index contributed by atoms with van der Waals surface area (Å²) in [6.45, 7) is 0.385. The molecule has 0 radical (unpaired) electrons. The quantitative estimate of drug-likeness (QED) is 0.843. The standard InChI is InChI=1S/C15H14F2N2O/c16-12-8-11(9-13(17)14(12)18)15(20)19-7-6-10-4-2-1-3-5-10/h1-5,8-9H,6-7,18H2,(H,19,20). The van der Waals surface area contributed by atoms with Gasteiger partial charge in [0, 0.05) is 12.1 Å². The second kappa shape index (κ2) is 6.14. The van der Waals surface area contributed by atoms with E-state index in [9.17, 15) is 13.6 Å². The molecule has 104 valence electrons. The van der Waals surface area contributed by atoms with E-state index in [0.29, 0.717) is 13.0 Å². The normalized spacial score (nSPS) is 10.3. The first-order valence-electron chi connectivity index (χ1n) is 6.14. The Bertz CT molecular complexity index is 592. The molecular formula is C15H14F2N2O. The molecule has 5 heteroatoms. The third-order valence-corrected chi connectivity index (χ3v) is 2.88. The van der Waals surface area contributed by atoms with E-state index in [1.165, 1.54) is 0 Å². The molecule has 3 N–H and O–H groups in total. The number of benzene rings is 2. The van der Waals surface area contributed by atoms with Crippen LogP contribution in [0.3, 0.4) is 0 Å². The smallest absolute Gasteiger partial charge is 0.251 e. The van der Waals surface area contributed by atoms with Gasteiger partial charge in [0.2, 0.25) is 0 Å². The topological polar surface area (TPSA) is 55.1 Å². The summed E-state index contributed by atoms with van der Waals surface area (Å²) in [6, 6.07) is 11.4. The monoisotopic (exact) mass is 276 g/mol. The van der Waals surface area contributed by atoms with Crippen LogP contribution in [0.5, 0.6) is 0 Å². The van der Waals surface area contributed by atoms with Gasteiger partial charge in [-0.3, -0.25) is 4.79 Å². The minimum Gasteiger partial charge on any atom is -0.394 e. The average Bonchev–Trinajstić information content (AvgIpc) is 2.45. The summed E-state index contributed by atoms with van der Waals surface area (Å²) in [4.78, 5) is 11.8. The van der Waals surface area contributed by atoms with E-state index in [4.69, 9.17) is 5.73 Å². The molecule has 2 aromatic carbocycles. The van der Waals surface area contributed by atoms with Gasteiger partial charge in [0.15, 0.2) is 0 Å². The van der Waals surface area contributed by atoms with Crippen molar-refractivity contribution in [3.8, 4) is 0 Å². The van der Waals surface area contributed by atoms with Gasteiger partial charge in [-0.05, 0) is 24.1 Å². The molecule has 0 aliphatic carbocycles. The molecule has 0 atom stereocenters. The number of rotatable bonds is 4. The van der Waals surface area contributed by atoms with E-state index >= 15 is 0 Å². The Labute approximate surface area is 115 Å². The first-order valence-corrected chi connectivity index (χ1v) is 6.14. The number of nitrogens with two attached hydrogens (primary N) is 1. The number of carbonyl (C=O) groups is 1. The Morgan fingerprint density at radius 1 is 1.10 bits per heavy atom. The van der Waals surface area contributed by atoms with Gasteiger partial charge >= 0.3 is 0 Å². The Kier molecular flexibility index (Phi) is 4.30. The van der Waals surface area contributed by atoms with Gasteiger partial charge in [0.25, 0.3) is 5.91 Å². The van der Waals surface area contributed by atoms with Crippen molar-refractivity contribution in [3.05, 3.63) is 65.2 Å². The molecule has 0 bridgehead atoms. The molecule has 1 amide bonds. The lowest BCUT2D eigenvalue weighted by Gasteiger charge is -2.07. The van der Waals surface area contributed by atoms with Crippen molar-refractivity contribution < 1.29 is 13.6 Å². The summed E-state index contributed by atoms with van der Waals surface area (Å²) in [5, 5.41) is 2.61. The van der Waals surface area contributed by atoms with E-state index in [1.54, 1.807) is 0 Å². The molecule has 0 heterocycles. The predicted molar refractivity (Wildman–Crippen MR) is 73.2 cm³/mol. The summed E-state index contributed by atoms with van der Waals surface area (Å²) in [6.07, 6.45) is 0.645. The number of anilines is 1. The first-order chi connectivity index (χ1) is 9.58. The van der Waals surface area contributed by atoms with Gasteiger partial charge in [-0.2, -0.15) is 0 Å². The summed E-state index contributed by atoms with van der Waals surface area (Å²) in [5.74, 6) is -2.39. The van der Waals surface area contributed by atoms with Gasteiger partial charge in [-0.1, -0.05) is 30.3 Å². The summed E-state index contributed by atoms with van der Waals surface area (Å²) in [5.41, 5.74) is 5.56. The van der Waals surface area contributed by atoms with Crippen LogP contribution in [-0.4, -0.2) is 12.5 Å². The van der Waals surface area contributed by atoms with Gasteiger partial charge < -0.3 is 11.1 Å². The lowest BCUT2D eigenvalue weighted by atomic mass is 10.1. The van der Waals surface area contributed by atoms with E-state index < -0.39 is 23.2 Å². The number of carbonyl (C=O) groups excluding carboxylic acids is 1. The highest BCUT2D eigenvalue weighted by atomic mass is 19.1. The van der Waals surface area contributed by atoms with Crippen LogP contribution < -0.4 is 11.1 Å². The zero-order valence-electron chi connectivity index (χ0n) is 10.7. The maximum absolute atomic E-state index is 13.2. The molecule has 0 saturated carbocycles. The average molecular weight is 276 g/mol. The largest absolute Gasteiger partial charge is 0.394 e. The zero-order chi connectivity index (χ0) is 14.5. The van der Waals surface area contributed by atoms with Crippen LogP contribution in [0.4, 0.5) is 14.5 Å². The van der Waals surface area contributed by atoms with Gasteiger partial charge in [-0.25, -0.2) is 8.78 Å². The molecule has 0 aromatic heterocycles. The predicted octanol–water partition coefficient (Wildman–Crippen LogP) is 2.52. The SMILES string of the molecule is Nc1c(F)cc(C(=O)NCCc2ccccc2)cc1F. The van der Waals surface area contributed by atoms with Crippen LogP contribution in [-0.2, 0) is 6.42 Å². The van der Waals surface area contributed by atoms with Crippen molar-refractivity contribution in [1.29, 1.82) is 0 Å². The first kappa shape index (κ1) is 14.0. The van der Waals surface area contributed by atoms with E-state index in [-0.39, 0.29) is 5.56 Å². The second-order valence-corrected chi connectivity index (χ2v) is 4.35. The zero-order valence-corrected chi connectivity index (χ0v) is 10.7. The summed E-state index contributed by atoms with van der Waals surface area (Å²) in [7, 11) is 0. The fourth-order valence-electron chi connectivity index (χ4n) is 1.78. The minimum absolute atomic E-state index is 0.0812. The number of nitrogens with one attached hydrogen (secondary N) is 1. The lowest BCUT2D eigenvalue weighted by Crippen LogP contribution is -2.26. The Morgan fingerprint density at radius 3 is 2.30 bits per heavy atom. The summed E-state index contributed by atoms with van der Waals surface area (Å²) >= 11 is 0. The molecule has 2 rings (SSSR count). The number of amides is 1. The number of nitrogen functional groups attached to an aromatic ring is 1. The summed E-state index contributed by atoms with van der Waals surface area (Å²) < 4.78 is 26.5. The van der Waals surface area contributed by atoms with E-state index in [1.807, 2.05) is 30.3 Å². The fraction of sp³-hybridized carbons (Fsp3) is 0.133. The molecule has 0 aliphatic heterocycles. The third-order valence-electron chi connectivity index (χ3n) is 2.88. The number of halogens is 2. The van der Waals surface area contributed by atoms with Crippen LogP contribution in [0.25, 0.3) is 0 Å². The fourth-order valence-corrected chi connectivity index (χ4v) is 1.78. The van der Waals surface area contributed by atoms with Crippen LogP contribution in [0.1, 0.15) is 15.9 Å². The van der Waals surface area contributed by atoms with Crippen LogP contribution in [0.2, 0.25) is 0 Å². The molecular weight excluding hydrogens is 262 g/mol. The van der Waals surface area contributed by atoms with E-state index in [2.05, 4.69) is 5.32 Å². The Hall–Kier alpha value is -2.43. The van der Waals surface area contributed by atoms with Crippen LogP contribution >= 0.6 is 0 Å². The molecule has 0 fully saturated rings. The molecule has 0 aliphatic rings. The molecule has 0 unspecified atom stereocenters. The Morgan fingerprint density at radius 2 is 1.70 bits per heavy atom. The van der Waals surface area contributed by atoms with Crippen LogP contribution in [0, 0.1) is 11.6 Å². The minimum atomic E-state index is -0.932. The maximum Gasteiger partial charge on any atom is 0.251 e. The van der Waals surface area contributed by atoms with Crippen LogP contribution in [0.15, 0.2) is 42.5 Å². The maximum atomic E-state index is 13.2. The van der Waals surface area contributed by atoms with Gasteiger partial charge in [-0.15, -0.1) is 0 Å². The van der Waals surface area contributed by atoms with Crippen molar-refractivity contribution in [2.24, 2.45) is 0 Å². The van der Waals surface area contributed by atoms with Crippen molar-refractivity contribution in [3.63, 3.8) is 0 Å². The highest BCUT2D eigenvalue weighted by Crippen LogP contribution is 2.17. The third kappa shape index (κ3) is 3.32. The number of hydrogen-bond acceptors (Lipinski definition) is 2. The molecule has 2 aromatic rings. The van der Waals surface area contributed by atoms with E-state index in [0.717, 1.165) is 17.7 Å². The molecule has 20 heavy (non-hydrogen) atoms. The molecule has 0 saturated heterocycles. The molecule has 0 spiro atoms. The highest BCUT2D eigenvalue weighted by Gasteiger charge is 2.12. The number of hydrogen-bond donors (Lipinski definition) is 2. The molecule has 3 nitrogen and oxygen atoms in total. The Balaban J connectivity index is 1.95. The second-order valence-electron chi connectivity index (χ2n) is 4.35. The van der Waals surface area contributed by atoms with Crippen molar-refractivity contribution in [2.75, 3.05) is 12.3 Å². The highest BCUT2D eigenvalue weighted by molar-refractivity contribution is 5.94.